The van der Waals surface area contributed by atoms with Crippen molar-refractivity contribution in [2.75, 3.05) is 5.32 Å². The van der Waals surface area contributed by atoms with Crippen LogP contribution in [0.3, 0.4) is 0 Å². The Morgan fingerprint density at radius 2 is 1.89 bits per heavy atom. The Morgan fingerprint density at radius 3 is 2.42 bits per heavy atom. The van der Waals surface area contributed by atoms with Crippen molar-refractivity contribution in [3.8, 4) is 0 Å². The SMILES string of the molecule is CC(C)NC(=O)C(C)Nc1c(F)cccc1C(=O)O. The summed E-state index contributed by atoms with van der Waals surface area (Å²) in [4.78, 5) is 22.7. The lowest BCUT2D eigenvalue weighted by Crippen LogP contribution is -2.41. The number of anilines is 1. The first-order chi connectivity index (χ1) is 8.82. The number of benzene rings is 1. The minimum absolute atomic E-state index is 0.0451. The predicted molar refractivity (Wildman–Crippen MR) is 69.7 cm³/mol. The molecule has 3 N–H and O–H groups in total. The fourth-order valence-electron chi connectivity index (χ4n) is 1.54. The van der Waals surface area contributed by atoms with Crippen LogP contribution >= 0.6 is 0 Å². The maximum absolute atomic E-state index is 13.6. The van der Waals surface area contributed by atoms with Gasteiger partial charge in [-0.15, -0.1) is 0 Å². The van der Waals surface area contributed by atoms with Crippen molar-refractivity contribution in [2.45, 2.75) is 32.9 Å². The molecule has 0 aromatic heterocycles. The Kier molecular flexibility index (Phi) is 4.86. The van der Waals surface area contributed by atoms with Gasteiger partial charge in [-0.2, -0.15) is 0 Å². The number of carbonyl (C=O) groups is 2. The molecule has 1 rings (SSSR count). The van der Waals surface area contributed by atoms with E-state index in [1.807, 2.05) is 0 Å². The van der Waals surface area contributed by atoms with Crippen molar-refractivity contribution in [1.82, 2.24) is 5.32 Å². The van der Waals surface area contributed by atoms with Crippen LogP contribution in [0.1, 0.15) is 31.1 Å². The minimum Gasteiger partial charge on any atom is -0.478 e. The number of rotatable bonds is 5. The molecule has 1 amide bonds. The highest BCUT2D eigenvalue weighted by Gasteiger charge is 2.19. The monoisotopic (exact) mass is 268 g/mol. The van der Waals surface area contributed by atoms with Gasteiger partial charge in [-0.05, 0) is 32.9 Å². The zero-order chi connectivity index (χ0) is 14.6. The van der Waals surface area contributed by atoms with Crippen molar-refractivity contribution in [1.29, 1.82) is 0 Å². The number of para-hydroxylation sites is 1. The fourth-order valence-corrected chi connectivity index (χ4v) is 1.54. The summed E-state index contributed by atoms with van der Waals surface area (Å²) in [5.74, 6) is -2.28. The second-order valence-corrected chi connectivity index (χ2v) is 4.50. The number of hydrogen-bond acceptors (Lipinski definition) is 3. The molecule has 1 aromatic carbocycles. The number of carboxylic acids is 1. The van der Waals surface area contributed by atoms with E-state index in [1.54, 1.807) is 13.8 Å². The van der Waals surface area contributed by atoms with Gasteiger partial charge >= 0.3 is 5.97 Å². The van der Waals surface area contributed by atoms with Crippen LogP contribution in [-0.2, 0) is 4.79 Å². The Bertz CT molecular complexity index is 489. The van der Waals surface area contributed by atoms with Crippen LogP contribution in [0.25, 0.3) is 0 Å². The van der Waals surface area contributed by atoms with E-state index < -0.39 is 17.8 Å². The van der Waals surface area contributed by atoms with E-state index >= 15 is 0 Å². The summed E-state index contributed by atoms with van der Waals surface area (Å²) in [5, 5.41) is 14.2. The van der Waals surface area contributed by atoms with E-state index in [9.17, 15) is 14.0 Å². The van der Waals surface area contributed by atoms with Crippen molar-refractivity contribution < 1.29 is 19.1 Å². The molecule has 5 nitrogen and oxygen atoms in total. The van der Waals surface area contributed by atoms with E-state index in [-0.39, 0.29) is 23.2 Å². The molecule has 0 radical (unpaired) electrons. The van der Waals surface area contributed by atoms with Gasteiger partial charge in [0.05, 0.1) is 11.3 Å². The van der Waals surface area contributed by atoms with Gasteiger partial charge in [-0.3, -0.25) is 4.79 Å². The van der Waals surface area contributed by atoms with Crippen LogP contribution in [0, 0.1) is 5.82 Å². The molecule has 1 unspecified atom stereocenters. The second kappa shape index (κ2) is 6.17. The van der Waals surface area contributed by atoms with Crippen LogP contribution in [0.15, 0.2) is 18.2 Å². The number of halogens is 1. The third kappa shape index (κ3) is 3.94. The number of carbonyl (C=O) groups excluding carboxylic acids is 1. The van der Waals surface area contributed by atoms with Crippen LogP contribution in [0.5, 0.6) is 0 Å². The zero-order valence-corrected chi connectivity index (χ0v) is 11.0. The van der Waals surface area contributed by atoms with Crippen LogP contribution in [-0.4, -0.2) is 29.1 Å². The quantitative estimate of drug-likeness (QED) is 0.761. The highest BCUT2D eigenvalue weighted by molar-refractivity contribution is 5.95. The first-order valence-electron chi connectivity index (χ1n) is 5.91. The summed E-state index contributed by atoms with van der Waals surface area (Å²) in [6.45, 7) is 5.14. The summed E-state index contributed by atoms with van der Waals surface area (Å²) in [6, 6.07) is 2.94. The summed E-state index contributed by atoms with van der Waals surface area (Å²) in [7, 11) is 0. The highest BCUT2D eigenvalue weighted by atomic mass is 19.1. The predicted octanol–water partition coefficient (Wildman–Crippen LogP) is 1.85. The molecule has 0 fully saturated rings. The van der Waals surface area contributed by atoms with Crippen molar-refractivity contribution in [2.24, 2.45) is 0 Å². The zero-order valence-electron chi connectivity index (χ0n) is 11.0. The van der Waals surface area contributed by atoms with Gasteiger partial charge in [0.1, 0.15) is 11.9 Å². The molecule has 0 aliphatic heterocycles. The largest absolute Gasteiger partial charge is 0.478 e. The van der Waals surface area contributed by atoms with Crippen molar-refractivity contribution in [3.05, 3.63) is 29.6 Å². The molecule has 19 heavy (non-hydrogen) atoms. The molecule has 0 spiro atoms. The van der Waals surface area contributed by atoms with Gasteiger partial charge in [0, 0.05) is 6.04 Å². The third-order valence-corrected chi connectivity index (χ3v) is 2.43. The van der Waals surface area contributed by atoms with Crippen molar-refractivity contribution >= 4 is 17.6 Å². The van der Waals surface area contributed by atoms with Gasteiger partial charge in [0.25, 0.3) is 0 Å². The smallest absolute Gasteiger partial charge is 0.337 e. The molecular formula is C13H17FN2O3. The molecule has 104 valence electrons. The number of amides is 1. The molecule has 1 atom stereocenters. The average molecular weight is 268 g/mol. The van der Waals surface area contributed by atoms with Crippen LogP contribution < -0.4 is 10.6 Å². The van der Waals surface area contributed by atoms with E-state index in [0.29, 0.717) is 0 Å². The van der Waals surface area contributed by atoms with E-state index in [0.717, 1.165) is 6.07 Å². The first-order valence-corrected chi connectivity index (χ1v) is 5.91. The van der Waals surface area contributed by atoms with Crippen LogP contribution in [0.2, 0.25) is 0 Å². The Hall–Kier alpha value is -2.11. The molecule has 0 saturated heterocycles. The molecular weight excluding hydrogens is 251 g/mol. The van der Waals surface area contributed by atoms with Gasteiger partial charge in [0.15, 0.2) is 0 Å². The molecule has 0 aliphatic carbocycles. The first kappa shape index (κ1) is 14.9. The third-order valence-electron chi connectivity index (χ3n) is 2.43. The minimum atomic E-state index is -1.25. The second-order valence-electron chi connectivity index (χ2n) is 4.50. The van der Waals surface area contributed by atoms with E-state index in [2.05, 4.69) is 10.6 Å². The summed E-state index contributed by atoms with van der Waals surface area (Å²) in [6.07, 6.45) is 0. The molecule has 0 heterocycles. The molecule has 0 bridgehead atoms. The van der Waals surface area contributed by atoms with Gasteiger partial charge in [-0.25, -0.2) is 9.18 Å². The summed E-state index contributed by atoms with van der Waals surface area (Å²) >= 11 is 0. The molecule has 0 saturated carbocycles. The summed E-state index contributed by atoms with van der Waals surface area (Å²) in [5.41, 5.74) is -0.384. The van der Waals surface area contributed by atoms with Crippen LogP contribution in [0.4, 0.5) is 10.1 Å². The number of nitrogens with one attached hydrogen (secondary N) is 2. The lowest BCUT2D eigenvalue weighted by Gasteiger charge is -2.18. The fraction of sp³-hybridized carbons (Fsp3) is 0.385. The normalized spacial score (nSPS) is 12.1. The Labute approximate surface area is 110 Å². The molecule has 0 aliphatic rings. The maximum Gasteiger partial charge on any atom is 0.337 e. The standard InChI is InChI=1S/C13H17FN2O3/c1-7(2)15-12(17)8(3)16-11-9(13(18)19)5-4-6-10(11)14/h4-8,16H,1-3H3,(H,15,17)(H,18,19). The Balaban J connectivity index is 2.93. The number of aromatic carboxylic acids is 1. The van der Waals surface area contributed by atoms with Gasteiger partial charge in [-0.1, -0.05) is 6.07 Å². The van der Waals surface area contributed by atoms with E-state index in [1.165, 1.54) is 19.1 Å². The molecule has 1 aromatic rings. The lowest BCUT2D eigenvalue weighted by atomic mass is 10.1. The maximum atomic E-state index is 13.6. The average Bonchev–Trinajstić information content (AvgIpc) is 2.30. The number of hydrogen-bond donors (Lipinski definition) is 3. The number of carboxylic acid groups (broad SMARTS) is 1. The van der Waals surface area contributed by atoms with Crippen molar-refractivity contribution in [3.63, 3.8) is 0 Å². The summed E-state index contributed by atoms with van der Waals surface area (Å²) < 4.78 is 13.6. The topological polar surface area (TPSA) is 78.4 Å². The molecule has 6 heteroatoms. The Morgan fingerprint density at radius 1 is 1.26 bits per heavy atom. The lowest BCUT2D eigenvalue weighted by molar-refractivity contribution is -0.122. The van der Waals surface area contributed by atoms with Gasteiger partial charge in [0.2, 0.25) is 5.91 Å². The highest BCUT2D eigenvalue weighted by Crippen LogP contribution is 2.20. The van der Waals surface area contributed by atoms with E-state index in [4.69, 9.17) is 5.11 Å². The van der Waals surface area contributed by atoms with Gasteiger partial charge < -0.3 is 15.7 Å².